The fourth-order valence-electron chi connectivity index (χ4n) is 1.98. The molecule has 0 aliphatic heterocycles. The molecule has 104 valence electrons. The highest BCUT2D eigenvalue weighted by molar-refractivity contribution is 6.39. The number of ether oxygens (including phenoxy) is 1. The van der Waals surface area contributed by atoms with Gasteiger partial charge in [-0.25, -0.2) is 0 Å². The molecule has 3 nitrogen and oxygen atoms in total. The molecule has 0 fully saturated rings. The Morgan fingerprint density at radius 3 is 2.15 bits per heavy atom. The van der Waals surface area contributed by atoms with Gasteiger partial charge in [-0.05, 0) is 39.3 Å². The van der Waals surface area contributed by atoms with Crippen LogP contribution >= 0.6 is 0 Å². The van der Waals surface area contributed by atoms with E-state index in [2.05, 4.69) is 0 Å². The van der Waals surface area contributed by atoms with E-state index in [1.54, 1.807) is 13.0 Å². The molecule has 1 aromatic carbocycles. The number of hydrogen-bond acceptors (Lipinski definition) is 3. The maximum absolute atomic E-state index is 12.3. The van der Waals surface area contributed by atoms with Crippen molar-refractivity contribution >= 4 is 17.6 Å². The Balaban J connectivity index is 2.36. The predicted octanol–water partition coefficient (Wildman–Crippen LogP) is 3.31. The van der Waals surface area contributed by atoms with Gasteiger partial charge in [0.05, 0.1) is 5.57 Å². The number of allylic oxidation sites excluding steroid dienone is 2. The third kappa shape index (κ3) is 2.87. The predicted molar refractivity (Wildman–Crippen MR) is 78.0 cm³/mol. The van der Waals surface area contributed by atoms with Gasteiger partial charge in [0.2, 0.25) is 5.78 Å². The fourth-order valence-corrected chi connectivity index (χ4v) is 1.98. The second kappa shape index (κ2) is 5.08. The van der Waals surface area contributed by atoms with Gasteiger partial charge in [0.15, 0.2) is 11.5 Å². The summed E-state index contributed by atoms with van der Waals surface area (Å²) in [7, 11) is 0. The van der Waals surface area contributed by atoms with E-state index in [0.717, 1.165) is 5.56 Å². The molecule has 0 radical (unpaired) electrons. The van der Waals surface area contributed by atoms with Crippen LogP contribution in [0.3, 0.4) is 0 Å². The van der Waals surface area contributed by atoms with Gasteiger partial charge in [0.1, 0.15) is 5.60 Å². The molecule has 1 aromatic rings. The van der Waals surface area contributed by atoms with Gasteiger partial charge < -0.3 is 4.74 Å². The van der Waals surface area contributed by atoms with Crippen molar-refractivity contribution in [2.75, 3.05) is 0 Å². The minimum absolute atomic E-state index is 0.171. The Bertz CT molecular complexity index is 613. The van der Waals surface area contributed by atoms with Crippen LogP contribution in [-0.2, 0) is 14.3 Å². The van der Waals surface area contributed by atoms with E-state index in [4.69, 9.17) is 4.74 Å². The molecular weight excluding hydrogens is 252 g/mol. The van der Waals surface area contributed by atoms with E-state index in [1.807, 2.05) is 51.1 Å². The van der Waals surface area contributed by atoms with Crippen LogP contribution < -0.4 is 0 Å². The smallest absolute Gasteiger partial charge is 0.231 e. The van der Waals surface area contributed by atoms with Gasteiger partial charge in [-0.2, -0.15) is 0 Å². The molecule has 0 unspecified atom stereocenters. The minimum Gasteiger partial charge on any atom is -0.484 e. The number of carbonyl (C=O) groups is 2. The van der Waals surface area contributed by atoms with E-state index in [0.29, 0.717) is 5.57 Å². The van der Waals surface area contributed by atoms with Crippen LogP contribution in [-0.4, -0.2) is 17.2 Å². The Labute approximate surface area is 118 Å². The molecule has 0 atom stereocenters. The number of Topliss-reactive ketones (excluding diaryl/α,β-unsaturated/α-hetero) is 2. The Morgan fingerprint density at radius 1 is 1.00 bits per heavy atom. The molecule has 0 bridgehead atoms. The Hall–Kier alpha value is -2.16. The van der Waals surface area contributed by atoms with Gasteiger partial charge in [-0.15, -0.1) is 0 Å². The maximum Gasteiger partial charge on any atom is 0.231 e. The topological polar surface area (TPSA) is 43.4 Å². The first-order chi connectivity index (χ1) is 9.29. The summed E-state index contributed by atoms with van der Waals surface area (Å²) in [5.74, 6) is -0.408. The summed E-state index contributed by atoms with van der Waals surface area (Å²) < 4.78 is 5.63. The summed E-state index contributed by atoms with van der Waals surface area (Å²) in [6, 6.07) is 9.32. The van der Waals surface area contributed by atoms with E-state index in [9.17, 15) is 9.59 Å². The molecule has 0 saturated heterocycles. The van der Waals surface area contributed by atoms with Crippen LogP contribution in [0.2, 0.25) is 0 Å². The summed E-state index contributed by atoms with van der Waals surface area (Å²) >= 11 is 0. The largest absolute Gasteiger partial charge is 0.484 e. The van der Waals surface area contributed by atoms with Crippen LogP contribution in [0, 0.1) is 0 Å². The molecule has 1 aliphatic rings. The molecule has 0 aromatic heterocycles. The number of carbonyl (C=O) groups excluding carboxylic acids is 2. The summed E-state index contributed by atoms with van der Waals surface area (Å²) in [5, 5.41) is 0. The molecule has 0 N–H and O–H groups in total. The van der Waals surface area contributed by atoms with Crippen LogP contribution in [0.1, 0.15) is 33.3 Å². The van der Waals surface area contributed by atoms with Crippen molar-refractivity contribution in [3.8, 4) is 0 Å². The van der Waals surface area contributed by atoms with Crippen LogP contribution in [0.4, 0.5) is 0 Å². The normalized spacial score (nSPS) is 18.1. The van der Waals surface area contributed by atoms with Crippen molar-refractivity contribution in [3.05, 3.63) is 52.8 Å². The fraction of sp³-hybridized carbons (Fsp3) is 0.294. The lowest BCUT2D eigenvalue weighted by Gasteiger charge is -2.21. The van der Waals surface area contributed by atoms with Crippen LogP contribution in [0.5, 0.6) is 0 Å². The average molecular weight is 270 g/mol. The first-order valence-electron chi connectivity index (χ1n) is 6.55. The average Bonchev–Trinajstić information content (AvgIpc) is 2.56. The summed E-state index contributed by atoms with van der Waals surface area (Å²) in [6.07, 6.45) is 1.62. The molecule has 2 rings (SSSR count). The minimum atomic E-state index is -0.505. The Morgan fingerprint density at radius 2 is 1.60 bits per heavy atom. The van der Waals surface area contributed by atoms with Crippen molar-refractivity contribution in [3.63, 3.8) is 0 Å². The molecule has 1 aliphatic carbocycles. The summed E-state index contributed by atoms with van der Waals surface area (Å²) in [6.45, 7) is 7.19. The molecule has 0 amide bonds. The molecule has 20 heavy (non-hydrogen) atoms. The monoisotopic (exact) mass is 270 g/mol. The van der Waals surface area contributed by atoms with Crippen molar-refractivity contribution in [2.24, 2.45) is 0 Å². The second-order valence-corrected chi connectivity index (χ2v) is 5.80. The molecular formula is C17H18O3. The summed E-state index contributed by atoms with van der Waals surface area (Å²) in [5.41, 5.74) is 0.878. The van der Waals surface area contributed by atoms with Gasteiger partial charge in [0, 0.05) is 5.57 Å². The lowest BCUT2D eigenvalue weighted by molar-refractivity contribution is -0.118. The standard InChI is InChI=1S/C17H18O3/c1-11-14(18)13(10-12-8-6-5-7-9-12)15(19)16(11)20-17(2,3)4/h5-10H,1-4H3/b13-10+. The maximum atomic E-state index is 12.3. The zero-order valence-electron chi connectivity index (χ0n) is 12.2. The third-order valence-corrected chi connectivity index (χ3v) is 2.90. The van der Waals surface area contributed by atoms with Crippen molar-refractivity contribution in [1.82, 2.24) is 0 Å². The van der Waals surface area contributed by atoms with Crippen LogP contribution in [0.15, 0.2) is 47.2 Å². The van der Waals surface area contributed by atoms with Gasteiger partial charge in [-0.3, -0.25) is 9.59 Å². The van der Waals surface area contributed by atoms with Crippen molar-refractivity contribution in [1.29, 1.82) is 0 Å². The Kier molecular flexibility index (Phi) is 3.62. The molecule has 0 saturated carbocycles. The summed E-state index contributed by atoms with van der Waals surface area (Å²) in [4.78, 5) is 24.5. The lowest BCUT2D eigenvalue weighted by Crippen LogP contribution is -2.21. The first-order valence-corrected chi connectivity index (χ1v) is 6.55. The van der Waals surface area contributed by atoms with Gasteiger partial charge in [0.25, 0.3) is 0 Å². The highest BCUT2D eigenvalue weighted by atomic mass is 16.5. The van der Waals surface area contributed by atoms with Crippen LogP contribution in [0.25, 0.3) is 6.08 Å². The van der Waals surface area contributed by atoms with Crippen molar-refractivity contribution in [2.45, 2.75) is 33.3 Å². The zero-order valence-corrected chi connectivity index (χ0v) is 12.2. The second-order valence-electron chi connectivity index (χ2n) is 5.80. The van der Waals surface area contributed by atoms with E-state index >= 15 is 0 Å². The quantitative estimate of drug-likeness (QED) is 0.611. The molecule has 0 spiro atoms. The first kappa shape index (κ1) is 14.3. The van der Waals surface area contributed by atoms with E-state index < -0.39 is 5.60 Å². The molecule has 3 heteroatoms. The van der Waals surface area contributed by atoms with Gasteiger partial charge in [-0.1, -0.05) is 30.3 Å². The van der Waals surface area contributed by atoms with Crippen molar-refractivity contribution < 1.29 is 14.3 Å². The number of rotatable bonds is 2. The zero-order chi connectivity index (χ0) is 14.9. The lowest BCUT2D eigenvalue weighted by atomic mass is 10.1. The highest BCUT2D eigenvalue weighted by Gasteiger charge is 2.36. The van der Waals surface area contributed by atoms with Gasteiger partial charge >= 0.3 is 0 Å². The van der Waals surface area contributed by atoms with E-state index in [-0.39, 0.29) is 22.9 Å². The SMILES string of the molecule is CC1=C(OC(C)(C)C)C(=O)/C(=C/c2ccccc2)C1=O. The van der Waals surface area contributed by atoms with E-state index in [1.165, 1.54) is 0 Å². The third-order valence-electron chi connectivity index (χ3n) is 2.90. The highest BCUT2D eigenvalue weighted by Crippen LogP contribution is 2.29. The molecule has 0 heterocycles. The number of hydrogen-bond donors (Lipinski definition) is 0. The number of ketones is 2. The number of benzene rings is 1.